The summed E-state index contributed by atoms with van der Waals surface area (Å²) in [5.74, 6) is -3.90. The third kappa shape index (κ3) is 27.6. The Balaban J connectivity index is 0.00000110. The zero-order valence-corrected chi connectivity index (χ0v) is 58.3. The largest absolute Gasteiger partial charge is 0.469 e. The van der Waals surface area contributed by atoms with Gasteiger partial charge in [0.2, 0.25) is 5.85 Å². The van der Waals surface area contributed by atoms with Gasteiger partial charge in [0.05, 0.1) is 48.6 Å². The molecule has 0 aromatic rings. The Morgan fingerprint density at radius 2 is 0.820 bits per heavy atom. The Hall–Kier alpha value is -5.59. The number of halogens is 13. The molecule has 0 aromatic carbocycles. The van der Waals surface area contributed by atoms with Crippen LogP contribution in [0.5, 0.6) is 0 Å². The summed E-state index contributed by atoms with van der Waals surface area (Å²) < 4.78 is 187. The van der Waals surface area contributed by atoms with E-state index in [2.05, 4.69) is 61.3 Å². The van der Waals surface area contributed by atoms with Crippen molar-refractivity contribution in [3.8, 4) is 0 Å². The molecule has 16 atom stereocenters. The van der Waals surface area contributed by atoms with E-state index in [-0.39, 0.29) is 92.6 Å². The number of methoxy groups -OCH3 is 5. The van der Waals surface area contributed by atoms with Gasteiger partial charge in [0.25, 0.3) is 0 Å². The quantitative estimate of drug-likeness (QED) is 0.0589. The van der Waals surface area contributed by atoms with E-state index in [1.54, 1.807) is 27.7 Å². The van der Waals surface area contributed by atoms with Crippen molar-refractivity contribution in [3.63, 3.8) is 0 Å². The normalized spacial score (nSPS) is 31.0. The van der Waals surface area contributed by atoms with Crippen molar-refractivity contribution in [3.05, 3.63) is 61.3 Å². The van der Waals surface area contributed by atoms with Crippen molar-refractivity contribution in [1.29, 1.82) is 0 Å². The summed E-state index contributed by atoms with van der Waals surface area (Å²) >= 11 is 0. The van der Waals surface area contributed by atoms with Crippen LogP contribution in [-0.2, 0) is 57.2 Å². The summed E-state index contributed by atoms with van der Waals surface area (Å²) in [6, 6.07) is 0. The lowest BCUT2D eigenvalue weighted by Crippen LogP contribution is -2.49. The number of carbonyl (C=O) groups is 6. The van der Waals surface area contributed by atoms with Gasteiger partial charge in [-0.05, 0) is 216 Å². The van der Waals surface area contributed by atoms with E-state index < -0.39 is 88.6 Å². The number of rotatable bonds is 10. The molecule has 0 heterocycles. The molecule has 0 saturated heterocycles. The van der Waals surface area contributed by atoms with Crippen LogP contribution in [0.15, 0.2) is 61.3 Å². The van der Waals surface area contributed by atoms with Crippen LogP contribution < -0.4 is 0 Å². The summed E-state index contributed by atoms with van der Waals surface area (Å²) in [5.41, 5.74) is -8.14. The van der Waals surface area contributed by atoms with Gasteiger partial charge in [-0.15, -0.1) is 0 Å². The van der Waals surface area contributed by atoms with Crippen molar-refractivity contribution >= 4 is 35.8 Å². The van der Waals surface area contributed by atoms with Crippen molar-refractivity contribution in [2.45, 2.75) is 236 Å². The Labute approximate surface area is 578 Å². The van der Waals surface area contributed by atoms with E-state index in [4.69, 9.17) is 5.11 Å². The fourth-order valence-corrected chi connectivity index (χ4v) is 14.6. The average molecular weight is 1470 g/mol. The Kier molecular flexibility index (Phi) is 37.7. The molecule has 10 saturated carbocycles. The van der Waals surface area contributed by atoms with E-state index in [1.807, 2.05) is 0 Å². The minimum atomic E-state index is -4.49. The van der Waals surface area contributed by atoms with Gasteiger partial charge in [0.15, 0.2) is 22.4 Å². The highest BCUT2D eigenvalue weighted by atomic mass is 19.4. The lowest BCUT2D eigenvalue weighted by atomic mass is 9.81. The van der Waals surface area contributed by atoms with Crippen molar-refractivity contribution in [2.75, 3.05) is 42.2 Å². The molecule has 10 fully saturated rings. The molecular weight excluding hydrogens is 1360 g/mol. The van der Waals surface area contributed by atoms with Gasteiger partial charge in [0.1, 0.15) is 0 Å². The maximum Gasteiger partial charge on any atom is 0.417 e. The first-order valence-electron chi connectivity index (χ1n) is 32.7. The third-order valence-electron chi connectivity index (χ3n) is 19.9. The van der Waals surface area contributed by atoms with Crippen LogP contribution in [0.2, 0.25) is 0 Å². The zero-order valence-electron chi connectivity index (χ0n) is 58.3. The smallest absolute Gasteiger partial charge is 0.417 e. The van der Waals surface area contributed by atoms with Crippen LogP contribution in [-0.4, -0.2) is 156 Å². The minimum absolute atomic E-state index is 0. The van der Waals surface area contributed by atoms with Gasteiger partial charge in [-0.3, -0.25) is 4.79 Å². The van der Waals surface area contributed by atoms with Gasteiger partial charge in [-0.25, -0.2) is 28.4 Å². The summed E-state index contributed by atoms with van der Waals surface area (Å²) in [7, 11) is 6.44. The molecule has 0 radical (unpaired) electrons. The lowest BCUT2D eigenvalue weighted by Gasteiger charge is -2.34. The molecule has 100 heavy (non-hydrogen) atoms. The highest BCUT2D eigenvalue weighted by Crippen LogP contribution is 2.59. The highest BCUT2D eigenvalue weighted by Gasteiger charge is 2.67. The monoisotopic (exact) mass is 1470 g/mol. The molecule has 0 aliphatic heterocycles. The molecule has 16 unspecified atom stereocenters. The molecule has 10 rings (SSSR count). The Morgan fingerprint density at radius 1 is 0.480 bits per heavy atom. The topological polar surface area (TPSA) is 259 Å². The molecule has 580 valence electrons. The van der Waals surface area contributed by atoms with Gasteiger partial charge in [0, 0.05) is 40.7 Å². The predicted octanol–water partition coefficient (Wildman–Crippen LogP) is 14.7. The number of ether oxygens (including phenoxy) is 6. The molecule has 0 amide bonds. The second-order valence-corrected chi connectivity index (χ2v) is 27.4. The summed E-state index contributed by atoms with van der Waals surface area (Å²) in [6.45, 7) is 24.5. The highest BCUT2D eigenvalue weighted by molar-refractivity contribution is 5.93. The third-order valence-corrected chi connectivity index (χ3v) is 19.9. The summed E-state index contributed by atoms with van der Waals surface area (Å²) in [5, 5.41) is 46.6. The van der Waals surface area contributed by atoms with Crippen LogP contribution in [0, 0.1) is 65.1 Å². The van der Waals surface area contributed by atoms with E-state index in [9.17, 15) is 106 Å². The maximum absolute atomic E-state index is 12.9. The fraction of sp³-hybridized carbons (Fsp3) is 0.771. The maximum atomic E-state index is 12.9. The standard InChI is InChI=1S/C11H17F3O.3C8H11F3O.C7H11FO.C7H10O4.C6H10O2.2C5H8O2.C4H6O2.CH4/c1-10(15,11(12,13)14)6-9-5-7-2-3-8(9)4-7;3*9-8(10,11)7(12)4-5-1-2-6(7)3-5;8-7(9)4-5-1-2-6(7)3-5;1-5(7(9)11-3)4-6(8)10-2;1-4-8-6(7)5(2)3;2*1-4(2)5(6)7-3;1-3-4(5)6-2;/h7-9,15H,2-6H2,1H3;3*5-6,12H,1-4H2;5-6,9H,1-4H2;1,4H2,2-3H3;2,4H2,1,3H3;2*1H2,2-3H3;3H,1H2,2H3;1H4. The zero-order chi connectivity index (χ0) is 76.8. The van der Waals surface area contributed by atoms with E-state index in [1.165, 1.54) is 42.0 Å². The Morgan fingerprint density at radius 3 is 0.970 bits per heavy atom. The van der Waals surface area contributed by atoms with Gasteiger partial charge >= 0.3 is 60.5 Å². The second kappa shape index (κ2) is 39.9. The molecule has 0 spiro atoms. The molecule has 0 aromatic heterocycles. The molecular formula is C70H107F13O17. The fourth-order valence-electron chi connectivity index (χ4n) is 14.6. The first-order valence-corrected chi connectivity index (χ1v) is 32.7. The average Bonchev–Trinajstić information content (AvgIpc) is 1.60. The molecule has 30 heteroatoms. The van der Waals surface area contributed by atoms with Crippen LogP contribution >= 0.6 is 0 Å². The first kappa shape index (κ1) is 94.4. The van der Waals surface area contributed by atoms with E-state index in [0.29, 0.717) is 86.0 Å². The second-order valence-electron chi connectivity index (χ2n) is 27.4. The van der Waals surface area contributed by atoms with Gasteiger partial charge < -0.3 is 54.0 Å². The molecule has 10 aliphatic carbocycles. The van der Waals surface area contributed by atoms with Gasteiger partial charge in [-0.1, -0.05) is 46.7 Å². The SMILES string of the molecule is C.C=C(C)C(=O)OC.C=C(C)C(=O)OC.C=C(C)C(=O)OCC.C=C(CC(=O)OC)C(=O)OC.C=CC(=O)OC.CC(O)(CC1CC2CCC1C2)C(F)(F)F.OC1(C(F)(F)F)CC2CCC1C2.OC1(C(F)(F)F)CC2CCC1C2.OC1(C(F)(F)F)CC2CCC1C2.OC1(F)CC2CCC1C2. The van der Waals surface area contributed by atoms with Crippen molar-refractivity contribution in [1.82, 2.24) is 0 Å². The van der Waals surface area contributed by atoms with Gasteiger partial charge in [-0.2, -0.15) is 52.7 Å². The van der Waals surface area contributed by atoms with Crippen LogP contribution in [0.25, 0.3) is 0 Å². The van der Waals surface area contributed by atoms with Crippen LogP contribution in [0.4, 0.5) is 57.1 Å². The number of carbonyl (C=O) groups excluding carboxylic acids is 6. The number of alkyl halides is 13. The number of fused-ring (bicyclic) bond motifs is 10. The molecule has 10 aliphatic rings. The lowest BCUT2D eigenvalue weighted by molar-refractivity contribution is -0.277. The molecule has 17 nitrogen and oxygen atoms in total. The van der Waals surface area contributed by atoms with Crippen molar-refractivity contribution < 1.29 is 140 Å². The molecule has 5 N–H and O–H groups in total. The summed E-state index contributed by atoms with van der Waals surface area (Å²) in [4.78, 5) is 61.8. The molecule has 10 bridgehead atoms. The number of aliphatic hydroxyl groups is 5. The number of hydrogen-bond donors (Lipinski definition) is 5. The van der Waals surface area contributed by atoms with Crippen LogP contribution in [0.1, 0.15) is 183 Å². The minimum Gasteiger partial charge on any atom is -0.469 e. The Bertz CT molecular complexity index is 2580. The van der Waals surface area contributed by atoms with Crippen molar-refractivity contribution in [2.24, 2.45) is 65.1 Å². The summed E-state index contributed by atoms with van der Waals surface area (Å²) in [6.07, 6.45) is -3.61. The number of hydrogen-bond acceptors (Lipinski definition) is 17. The number of esters is 6. The predicted molar refractivity (Wildman–Crippen MR) is 343 cm³/mol. The first-order chi connectivity index (χ1) is 45.2. The van der Waals surface area contributed by atoms with E-state index in [0.717, 1.165) is 70.8 Å². The van der Waals surface area contributed by atoms with Crippen LogP contribution in [0.3, 0.4) is 0 Å². The van der Waals surface area contributed by atoms with E-state index >= 15 is 0 Å².